The lowest BCUT2D eigenvalue weighted by molar-refractivity contribution is -0.113. The molecule has 5 rings (SSSR count). The molecule has 5 aromatic rings. The van der Waals surface area contributed by atoms with Gasteiger partial charge in [-0.2, -0.15) is 0 Å². The summed E-state index contributed by atoms with van der Waals surface area (Å²) >= 11 is 2.55. The number of carbonyl (C=O) groups excluding carboxylic acids is 1. The van der Waals surface area contributed by atoms with Crippen molar-refractivity contribution in [2.24, 2.45) is 0 Å². The molecule has 1 amide bonds. The molecule has 0 spiro atoms. The molecular weight excluding hydrogens is 501 g/mol. The van der Waals surface area contributed by atoms with Crippen molar-refractivity contribution in [3.63, 3.8) is 0 Å². The molecule has 0 saturated heterocycles. The molecule has 0 fully saturated rings. The molecule has 0 atom stereocenters. The first-order chi connectivity index (χ1) is 17.6. The molecular formula is C25H20FN5O3S2. The normalized spacial score (nSPS) is 10.9. The van der Waals surface area contributed by atoms with Gasteiger partial charge in [-0.15, -0.1) is 21.5 Å². The molecule has 0 aliphatic carbocycles. The molecule has 3 aromatic heterocycles. The summed E-state index contributed by atoms with van der Waals surface area (Å²) in [5.41, 5.74) is 2.25. The van der Waals surface area contributed by atoms with Gasteiger partial charge in [-0.1, -0.05) is 11.8 Å². The van der Waals surface area contributed by atoms with Gasteiger partial charge in [0.2, 0.25) is 11.7 Å². The molecule has 0 unspecified atom stereocenters. The number of carbonyl (C=O) groups is 1. The predicted molar refractivity (Wildman–Crippen MR) is 137 cm³/mol. The number of nitrogens with zero attached hydrogens (tertiary/aromatic N) is 4. The molecule has 2 aromatic carbocycles. The van der Waals surface area contributed by atoms with E-state index < -0.39 is 0 Å². The van der Waals surface area contributed by atoms with E-state index in [0.29, 0.717) is 34.2 Å². The molecule has 0 aliphatic heterocycles. The number of benzene rings is 2. The molecule has 182 valence electrons. The van der Waals surface area contributed by atoms with Crippen molar-refractivity contribution < 1.29 is 18.3 Å². The van der Waals surface area contributed by atoms with Crippen LogP contribution in [0.25, 0.3) is 28.5 Å². The number of thiazole rings is 1. The van der Waals surface area contributed by atoms with Crippen molar-refractivity contribution >= 4 is 34.1 Å². The molecule has 0 radical (unpaired) electrons. The third-order valence-electron chi connectivity index (χ3n) is 5.00. The van der Waals surface area contributed by atoms with Crippen LogP contribution in [0.2, 0.25) is 0 Å². The van der Waals surface area contributed by atoms with Crippen LogP contribution in [0.15, 0.2) is 81.9 Å². The van der Waals surface area contributed by atoms with Gasteiger partial charge in [-0.3, -0.25) is 9.36 Å². The van der Waals surface area contributed by atoms with E-state index in [1.165, 1.54) is 35.2 Å². The maximum atomic E-state index is 13.2. The maximum absolute atomic E-state index is 13.2. The van der Waals surface area contributed by atoms with Crippen molar-refractivity contribution in [1.82, 2.24) is 19.7 Å². The van der Waals surface area contributed by atoms with E-state index in [1.54, 1.807) is 30.5 Å². The Morgan fingerprint density at radius 2 is 1.94 bits per heavy atom. The number of ether oxygens (including phenoxy) is 1. The van der Waals surface area contributed by atoms with Crippen LogP contribution < -0.4 is 10.1 Å². The number of rotatable bonds is 9. The van der Waals surface area contributed by atoms with Gasteiger partial charge in [0, 0.05) is 10.9 Å². The molecule has 0 bridgehead atoms. The highest BCUT2D eigenvalue weighted by molar-refractivity contribution is 7.99. The van der Waals surface area contributed by atoms with E-state index in [-0.39, 0.29) is 17.5 Å². The standard InChI is InChI=1S/C25H20FN5O3S2/c1-2-33-19-11-9-18(10-12-19)31-23(21-4-3-13-34-21)29-30-25(31)36-15-22(32)28-24-27-20(14-35-24)16-5-7-17(26)8-6-16/h3-14H,2,15H2,1H3,(H,27,28,32). The van der Waals surface area contributed by atoms with Gasteiger partial charge in [0.25, 0.3) is 0 Å². The van der Waals surface area contributed by atoms with E-state index in [1.807, 2.05) is 41.1 Å². The van der Waals surface area contributed by atoms with Gasteiger partial charge in [0.1, 0.15) is 11.6 Å². The highest BCUT2D eigenvalue weighted by atomic mass is 32.2. The summed E-state index contributed by atoms with van der Waals surface area (Å²) in [6, 6.07) is 17.2. The van der Waals surface area contributed by atoms with Gasteiger partial charge in [-0.25, -0.2) is 9.37 Å². The van der Waals surface area contributed by atoms with Crippen molar-refractivity contribution in [1.29, 1.82) is 0 Å². The molecule has 3 heterocycles. The second-order valence-corrected chi connectivity index (χ2v) is 9.23. The van der Waals surface area contributed by atoms with E-state index in [2.05, 4.69) is 20.5 Å². The van der Waals surface area contributed by atoms with Crippen LogP contribution in [-0.2, 0) is 4.79 Å². The largest absolute Gasteiger partial charge is 0.494 e. The van der Waals surface area contributed by atoms with Gasteiger partial charge in [0.05, 0.1) is 30.0 Å². The number of amides is 1. The van der Waals surface area contributed by atoms with E-state index in [4.69, 9.17) is 9.15 Å². The molecule has 36 heavy (non-hydrogen) atoms. The number of anilines is 1. The molecule has 11 heteroatoms. The first-order valence-electron chi connectivity index (χ1n) is 11.0. The van der Waals surface area contributed by atoms with Crippen molar-refractivity contribution in [3.8, 4) is 34.3 Å². The van der Waals surface area contributed by atoms with Crippen LogP contribution in [-0.4, -0.2) is 38.0 Å². The quantitative estimate of drug-likeness (QED) is 0.241. The summed E-state index contributed by atoms with van der Waals surface area (Å²) in [5, 5.41) is 14.2. The third-order valence-corrected chi connectivity index (χ3v) is 6.69. The zero-order valence-electron chi connectivity index (χ0n) is 19.1. The Balaban J connectivity index is 1.31. The smallest absolute Gasteiger partial charge is 0.236 e. The Kier molecular flexibility index (Phi) is 7.10. The zero-order valence-corrected chi connectivity index (χ0v) is 20.7. The van der Waals surface area contributed by atoms with Crippen molar-refractivity contribution in [2.75, 3.05) is 17.7 Å². The van der Waals surface area contributed by atoms with Crippen LogP contribution >= 0.6 is 23.1 Å². The number of thioether (sulfide) groups is 1. The lowest BCUT2D eigenvalue weighted by atomic mass is 10.2. The summed E-state index contributed by atoms with van der Waals surface area (Å²) < 4.78 is 26.1. The molecule has 1 N–H and O–H groups in total. The second kappa shape index (κ2) is 10.8. The average molecular weight is 522 g/mol. The summed E-state index contributed by atoms with van der Waals surface area (Å²) in [6.45, 7) is 2.50. The van der Waals surface area contributed by atoms with Gasteiger partial charge >= 0.3 is 0 Å². The summed E-state index contributed by atoms with van der Waals surface area (Å²) in [4.78, 5) is 17.1. The third kappa shape index (κ3) is 5.31. The van der Waals surface area contributed by atoms with Crippen molar-refractivity contribution in [2.45, 2.75) is 12.1 Å². The lowest BCUT2D eigenvalue weighted by Gasteiger charge is -2.10. The zero-order chi connectivity index (χ0) is 24.9. The van der Waals surface area contributed by atoms with Crippen LogP contribution in [0.3, 0.4) is 0 Å². The Morgan fingerprint density at radius 3 is 2.67 bits per heavy atom. The Morgan fingerprint density at radius 1 is 1.14 bits per heavy atom. The molecule has 8 nitrogen and oxygen atoms in total. The van der Waals surface area contributed by atoms with Crippen LogP contribution in [0, 0.1) is 5.82 Å². The highest BCUT2D eigenvalue weighted by Gasteiger charge is 2.19. The number of aromatic nitrogens is 4. The van der Waals surface area contributed by atoms with Crippen LogP contribution in [0.4, 0.5) is 9.52 Å². The molecule has 0 aliphatic rings. The SMILES string of the molecule is CCOc1ccc(-n2c(SCC(=O)Nc3nc(-c4ccc(F)cc4)cs3)nnc2-c2ccco2)cc1. The van der Waals surface area contributed by atoms with Crippen molar-refractivity contribution in [3.05, 3.63) is 78.1 Å². The predicted octanol–water partition coefficient (Wildman–Crippen LogP) is 5.92. The summed E-state index contributed by atoms with van der Waals surface area (Å²) in [7, 11) is 0. The topological polar surface area (TPSA) is 95.1 Å². The fourth-order valence-electron chi connectivity index (χ4n) is 3.39. The summed E-state index contributed by atoms with van der Waals surface area (Å²) in [5.74, 6) is 1.39. The Hall–Kier alpha value is -3.96. The number of furan rings is 1. The van der Waals surface area contributed by atoms with Crippen LogP contribution in [0.1, 0.15) is 6.92 Å². The minimum Gasteiger partial charge on any atom is -0.494 e. The van der Waals surface area contributed by atoms with Crippen LogP contribution in [0.5, 0.6) is 5.75 Å². The minimum absolute atomic E-state index is 0.0960. The first kappa shape index (κ1) is 23.8. The fraction of sp³-hybridized carbons (Fsp3) is 0.120. The number of halogens is 1. The first-order valence-corrected chi connectivity index (χ1v) is 12.8. The lowest BCUT2D eigenvalue weighted by Crippen LogP contribution is -2.14. The monoisotopic (exact) mass is 521 g/mol. The van der Waals surface area contributed by atoms with E-state index >= 15 is 0 Å². The second-order valence-electron chi connectivity index (χ2n) is 7.43. The maximum Gasteiger partial charge on any atom is 0.236 e. The Labute approximate surface area is 214 Å². The van der Waals surface area contributed by atoms with Gasteiger partial charge < -0.3 is 14.5 Å². The van der Waals surface area contributed by atoms with Gasteiger partial charge in [-0.05, 0) is 67.6 Å². The van der Waals surface area contributed by atoms with E-state index in [9.17, 15) is 9.18 Å². The van der Waals surface area contributed by atoms with E-state index in [0.717, 1.165) is 17.0 Å². The van der Waals surface area contributed by atoms with Gasteiger partial charge in [0.15, 0.2) is 16.0 Å². The highest BCUT2D eigenvalue weighted by Crippen LogP contribution is 2.30. The summed E-state index contributed by atoms with van der Waals surface area (Å²) in [6.07, 6.45) is 1.57. The minimum atomic E-state index is -0.312. The average Bonchev–Trinajstić information content (AvgIpc) is 3.65. The number of nitrogens with one attached hydrogen (secondary N) is 1. The number of hydrogen-bond acceptors (Lipinski definition) is 8. The fourth-order valence-corrected chi connectivity index (χ4v) is 4.88. The molecule has 0 saturated carbocycles. The number of hydrogen-bond donors (Lipinski definition) is 1. The Bertz CT molecular complexity index is 1450.